The van der Waals surface area contributed by atoms with Crippen LogP contribution in [0.5, 0.6) is 0 Å². The van der Waals surface area contributed by atoms with Crippen molar-refractivity contribution in [2.75, 3.05) is 0 Å². The van der Waals surface area contributed by atoms with E-state index in [1.165, 1.54) is 0 Å². The first kappa shape index (κ1) is 28.7. The molecule has 2 aromatic carbocycles. The van der Waals surface area contributed by atoms with Gasteiger partial charge in [-0.15, -0.1) is 0 Å². The van der Waals surface area contributed by atoms with Gasteiger partial charge in [-0.05, 0) is 57.5 Å². The van der Waals surface area contributed by atoms with Crippen molar-refractivity contribution in [3.05, 3.63) is 74.3 Å². The van der Waals surface area contributed by atoms with E-state index < -0.39 is 57.5 Å². The highest BCUT2D eigenvalue weighted by atomic mass is 35.5. The highest BCUT2D eigenvalue weighted by Crippen LogP contribution is 2.42. The summed E-state index contributed by atoms with van der Waals surface area (Å²) in [5.41, 5.74) is -3.99. The number of carbonyl (C=O) groups is 1. The first-order valence-corrected chi connectivity index (χ1v) is 10.8. The fraction of sp³-hybridized carbons (Fsp3) is 0.320. The number of hydrogen-bond acceptors (Lipinski definition) is 1. The van der Waals surface area contributed by atoms with E-state index in [2.05, 4.69) is 11.8 Å². The average molecular weight is 539 g/mol. The Labute approximate surface area is 207 Å². The third-order valence-electron chi connectivity index (χ3n) is 4.63. The summed E-state index contributed by atoms with van der Waals surface area (Å²) in [5, 5.41) is -0.345. The van der Waals surface area contributed by atoms with Crippen LogP contribution in [0.25, 0.3) is 5.83 Å². The van der Waals surface area contributed by atoms with E-state index in [1.807, 2.05) is 0 Å². The number of allylic oxidation sites excluding steroid dienone is 1. The summed E-state index contributed by atoms with van der Waals surface area (Å²) in [6.07, 6.45) is -9.91. The van der Waals surface area contributed by atoms with E-state index in [-0.39, 0.29) is 21.7 Å². The van der Waals surface area contributed by atoms with Gasteiger partial charge in [0.2, 0.25) is 0 Å². The van der Waals surface area contributed by atoms with Gasteiger partial charge in [0.25, 0.3) is 0 Å². The molecule has 0 aliphatic rings. The third kappa shape index (κ3) is 7.49. The van der Waals surface area contributed by atoms with Gasteiger partial charge in [0, 0.05) is 22.1 Å². The molecule has 1 nitrogen and oxygen atoms in total. The molecule has 0 aromatic heterocycles. The summed E-state index contributed by atoms with van der Waals surface area (Å²) >= 11 is 12.1. The normalized spacial score (nSPS) is 13.8. The maximum atomic E-state index is 14.9. The number of carbonyl (C=O) groups excluding carboxylic acids is 1. The van der Waals surface area contributed by atoms with Gasteiger partial charge >= 0.3 is 12.4 Å². The highest BCUT2D eigenvalue weighted by Gasteiger charge is 2.41. The molecule has 1 unspecified atom stereocenters. The molecule has 0 radical (unpaired) electrons. The van der Waals surface area contributed by atoms with E-state index in [0.717, 1.165) is 31.2 Å². The first-order chi connectivity index (χ1) is 15.8. The number of ketones is 1. The van der Waals surface area contributed by atoms with Crippen molar-refractivity contribution < 1.29 is 35.5 Å². The molecule has 0 fully saturated rings. The van der Waals surface area contributed by atoms with Crippen molar-refractivity contribution in [2.45, 2.75) is 46.0 Å². The Hall–Kier alpha value is -2.50. The SMILES string of the molecule is CC(=O)c1ccc(/C(F)=C/C(c2cc(Cl)c(Cl)c(C#CC(C)(C)C)c2)C(F)(F)F)cc1C(F)(F)F. The lowest BCUT2D eigenvalue weighted by Crippen LogP contribution is -2.19. The molecular formula is C25H19Cl2F7O. The number of benzene rings is 2. The molecule has 1 atom stereocenters. The molecule has 0 N–H and O–H groups in total. The predicted octanol–water partition coefficient (Wildman–Crippen LogP) is 9.27. The van der Waals surface area contributed by atoms with Crippen LogP contribution in [0.15, 0.2) is 36.4 Å². The topological polar surface area (TPSA) is 17.1 Å². The molecule has 0 saturated heterocycles. The molecule has 10 heteroatoms. The fourth-order valence-corrected chi connectivity index (χ4v) is 3.38. The predicted molar refractivity (Wildman–Crippen MR) is 122 cm³/mol. The van der Waals surface area contributed by atoms with Crippen molar-refractivity contribution in [3.8, 4) is 11.8 Å². The van der Waals surface area contributed by atoms with E-state index in [1.54, 1.807) is 20.8 Å². The largest absolute Gasteiger partial charge is 0.417 e. The minimum absolute atomic E-state index is 0.0164. The third-order valence-corrected chi connectivity index (χ3v) is 5.43. The van der Waals surface area contributed by atoms with E-state index in [4.69, 9.17) is 23.2 Å². The molecule has 0 aliphatic carbocycles. The van der Waals surface area contributed by atoms with Crippen LogP contribution in [-0.4, -0.2) is 12.0 Å². The first-order valence-electron chi connectivity index (χ1n) is 10.00. The number of hydrogen-bond donors (Lipinski definition) is 0. The molecule has 0 spiro atoms. The highest BCUT2D eigenvalue weighted by molar-refractivity contribution is 6.42. The minimum atomic E-state index is -5.03. The second-order valence-electron chi connectivity index (χ2n) is 8.71. The van der Waals surface area contributed by atoms with E-state index >= 15 is 0 Å². The van der Waals surface area contributed by atoms with Gasteiger partial charge in [-0.25, -0.2) is 4.39 Å². The zero-order chi connectivity index (χ0) is 26.9. The summed E-state index contributed by atoms with van der Waals surface area (Å²) in [6.45, 7) is 6.19. The Morgan fingerprint density at radius 1 is 1.00 bits per heavy atom. The van der Waals surface area contributed by atoms with Crippen molar-refractivity contribution in [1.82, 2.24) is 0 Å². The number of halogens is 9. The van der Waals surface area contributed by atoms with Crippen LogP contribution in [0.4, 0.5) is 30.7 Å². The summed E-state index contributed by atoms with van der Waals surface area (Å²) in [5.74, 6) is 0.403. The van der Waals surface area contributed by atoms with E-state index in [0.29, 0.717) is 6.07 Å². The molecule has 188 valence electrons. The summed E-state index contributed by atoms with van der Waals surface area (Å²) in [6, 6.07) is 3.73. The molecule has 2 rings (SSSR count). The smallest absolute Gasteiger partial charge is 0.294 e. The zero-order valence-corrected chi connectivity index (χ0v) is 20.4. The van der Waals surface area contributed by atoms with Crippen LogP contribution in [0.1, 0.15) is 66.2 Å². The minimum Gasteiger partial charge on any atom is -0.294 e. The van der Waals surface area contributed by atoms with Gasteiger partial charge in [0.15, 0.2) is 5.78 Å². The van der Waals surface area contributed by atoms with Gasteiger partial charge in [-0.2, -0.15) is 26.3 Å². The van der Waals surface area contributed by atoms with Crippen molar-refractivity contribution >= 4 is 34.8 Å². The molecule has 35 heavy (non-hydrogen) atoms. The monoisotopic (exact) mass is 538 g/mol. The fourth-order valence-electron chi connectivity index (χ4n) is 2.99. The number of alkyl halides is 6. The van der Waals surface area contributed by atoms with Crippen molar-refractivity contribution in [2.24, 2.45) is 5.41 Å². The summed E-state index contributed by atoms with van der Waals surface area (Å²) in [4.78, 5) is 11.5. The van der Waals surface area contributed by atoms with Crippen LogP contribution in [0.3, 0.4) is 0 Å². The van der Waals surface area contributed by atoms with Gasteiger partial charge in [-0.3, -0.25) is 4.79 Å². The van der Waals surface area contributed by atoms with Gasteiger partial charge in [0.05, 0.1) is 15.6 Å². The van der Waals surface area contributed by atoms with Crippen molar-refractivity contribution in [3.63, 3.8) is 0 Å². The van der Waals surface area contributed by atoms with Crippen molar-refractivity contribution in [1.29, 1.82) is 0 Å². The molecule has 2 aromatic rings. The van der Waals surface area contributed by atoms with Crippen LogP contribution < -0.4 is 0 Å². The summed E-state index contributed by atoms with van der Waals surface area (Å²) < 4.78 is 96.7. The molecule has 0 bridgehead atoms. The van der Waals surface area contributed by atoms with Crippen LogP contribution in [0, 0.1) is 17.3 Å². The molecule has 0 amide bonds. The molecule has 0 heterocycles. The second-order valence-corrected chi connectivity index (χ2v) is 9.50. The van der Waals surface area contributed by atoms with Crippen LogP contribution in [0.2, 0.25) is 10.0 Å². The number of Topliss-reactive ketones (excluding diaryl/α,β-unsaturated/α-hetero) is 1. The van der Waals surface area contributed by atoms with E-state index in [9.17, 15) is 35.5 Å². The molecule has 0 saturated carbocycles. The van der Waals surface area contributed by atoms with Crippen LogP contribution in [-0.2, 0) is 6.18 Å². The maximum Gasteiger partial charge on any atom is 0.417 e. The Kier molecular flexibility index (Phi) is 8.41. The standard InChI is InChI=1S/C25H19Cl2F7O/c1-13(35)17-6-5-14(10-19(17)25(32,33)34)21(28)12-18(24(29,30)31)16-9-15(7-8-23(2,3)4)22(27)20(26)11-16/h5-6,9-12,18H,1-4H3/b21-12-. The lowest BCUT2D eigenvalue weighted by molar-refractivity contribution is -0.140. The van der Waals surface area contributed by atoms with Gasteiger partial charge < -0.3 is 0 Å². The van der Waals surface area contributed by atoms with Gasteiger partial charge in [0.1, 0.15) is 11.7 Å². The van der Waals surface area contributed by atoms with Gasteiger partial charge in [-0.1, -0.05) is 47.2 Å². The molecular weight excluding hydrogens is 520 g/mol. The maximum absolute atomic E-state index is 14.9. The average Bonchev–Trinajstić information content (AvgIpc) is 2.70. The second kappa shape index (κ2) is 10.2. The summed E-state index contributed by atoms with van der Waals surface area (Å²) in [7, 11) is 0. The Morgan fingerprint density at radius 3 is 2.09 bits per heavy atom. The Bertz CT molecular complexity index is 1220. The Morgan fingerprint density at radius 2 is 1.60 bits per heavy atom. The lowest BCUT2D eigenvalue weighted by Gasteiger charge is -2.19. The Balaban J connectivity index is 2.68. The molecule has 0 aliphatic heterocycles. The number of rotatable bonds is 4. The quantitative estimate of drug-likeness (QED) is 0.215. The lowest BCUT2D eigenvalue weighted by atomic mass is 9.93. The van der Waals surface area contributed by atoms with Crippen LogP contribution >= 0.6 is 23.2 Å². The zero-order valence-electron chi connectivity index (χ0n) is 18.9.